The molecule has 10 heteroatoms. The van der Waals surface area contributed by atoms with Gasteiger partial charge in [-0.25, -0.2) is 4.39 Å². The van der Waals surface area contributed by atoms with Crippen molar-refractivity contribution in [3.63, 3.8) is 0 Å². The van der Waals surface area contributed by atoms with Gasteiger partial charge < -0.3 is 14.8 Å². The molecular weight excluding hydrogens is 435 g/mol. The summed E-state index contributed by atoms with van der Waals surface area (Å²) in [5, 5.41) is 3.27. The molecule has 1 aliphatic heterocycles. The van der Waals surface area contributed by atoms with Crippen molar-refractivity contribution in [1.29, 1.82) is 0 Å². The summed E-state index contributed by atoms with van der Waals surface area (Å²) in [6.07, 6.45) is -4.74. The molecule has 0 aliphatic carbocycles. The molecule has 162 valence electrons. The van der Waals surface area contributed by atoms with E-state index in [1.165, 1.54) is 31.4 Å². The number of halogens is 6. The first-order valence-corrected chi connectivity index (χ1v) is 8.51. The van der Waals surface area contributed by atoms with Crippen LogP contribution in [0.25, 0.3) is 0 Å². The fourth-order valence-electron chi connectivity index (χ4n) is 3.29. The summed E-state index contributed by atoms with van der Waals surface area (Å²) in [6, 6.07) is 9.80. The Balaban J connectivity index is 0.00000210. The van der Waals surface area contributed by atoms with E-state index < -0.39 is 12.2 Å². The lowest BCUT2D eigenvalue weighted by Gasteiger charge is -2.36. The van der Waals surface area contributed by atoms with Crippen LogP contribution < -0.4 is 14.8 Å². The van der Waals surface area contributed by atoms with Gasteiger partial charge in [0.1, 0.15) is 17.3 Å². The molecule has 1 saturated heterocycles. The minimum Gasteiger partial charge on any atom is -0.496 e. The number of alkyl halides is 3. The fourth-order valence-corrected chi connectivity index (χ4v) is 3.29. The lowest BCUT2D eigenvalue weighted by atomic mass is 9.95. The van der Waals surface area contributed by atoms with E-state index in [9.17, 15) is 17.6 Å². The third-order valence-corrected chi connectivity index (χ3v) is 4.44. The van der Waals surface area contributed by atoms with Gasteiger partial charge in [-0.3, -0.25) is 4.90 Å². The average Bonchev–Trinajstić information content (AvgIpc) is 2.64. The normalized spacial score (nSPS) is 15.6. The van der Waals surface area contributed by atoms with Crippen molar-refractivity contribution in [2.45, 2.75) is 12.4 Å². The van der Waals surface area contributed by atoms with Gasteiger partial charge in [0, 0.05) is 37.8 Å². The largest absolute Gasteiger partial charge is 0.573 e. The van der Waals surface area contributed by atoms with Crippen LogP contribution in [0.15, 0.2) is 42.5 Å². The predicted molar refractivity (Wildman–Crippen MR) is 107 cm³/mol. The Morgan fingerprint density at radius 2 is 1.62 bits per heavy atom. The first-order chi connectivity index (χ1) is 12.9. The Morgan fingerprint density at radius 3 is 2.17 bits per heavy atom. The van der Waals surface area contributed by atoms with Crippen molar-refractivity contribution in [2.24, 2.45) is 0 Å². The van der Waals surface area contributed by atoms with Gasteiger partial charge in [0.05, 0.1) is 13.2 Å². The molecule has 0 spiro atoms. The van der Waals surface area contributed by atoms with E-state index in [1.807, 2.05) is 0 Å². The number of nitrogens with zero attached hydrogens (tertiary/aromatic N) is 1. The van der Waals surface area contributed by atoms with Crippen molar-refractivity contribution < 1.29 is 27.0 Å². The highest BCUT2D eigenvalue weighted by Gasteiger charge is 2.31. The molecule has 1 aliphatic rings. The van der Waals surface area contributed by atoms with Crippen LogP contribution in [-0.4, -0.2) is 44.6 Å². The van der Waals surface area contributed by atoms with E-state index in [1.54, 1.807) is 18.2 Å². The SMILES string of the molecule is COc1cc(F)ccc1[C@@H](c1ccc(OC(F)(F)F)cc1)N1CCNCC1.Cl.Cl. The number of hydrogen-bond acceptors (Lipinski definition) is 4. The number of rotatable bonds is 5. The summed E-state index contributed by atoms with van der Waals surface area (Å²) >= 11 is 0. The van der Waals surface area contributed by atoms with Gasteiger partial charge in [0.2, 0.25) is 0 Å². The first kappa shape index (κ1) is 25.3. The summed E-state index contributed by atoms with van der Waals surface area (Å²) in [4.78, 5) is 2.19. The van der Waals surface area contributed by atoms with Gasteiger partial charge in [-0.2, -0.15) is 0 Å². The Labute approximate surface area is 179 Å². The molecule has 0 radical (unpaired) electrons. The van der Waals surface area contributed by atoms with Crippen LogP contribution in [0.3, 0.4) is 0 Å². The van der Waals surface area contributed by atoms with Crippen molar-refractivity contribution in [3.05, 3.63) is 59.4 Å². The highest BCUT2D eigenvalue weighted by Crippen LogP contribution is 2.36. The zero-order chi connectivity index (χ0) is 19.4. The van der Waals surface area contributed by atoms with Crippen LogP contribution in [0, 0.1) is 5.82 Å². The third-order valence-electron chi connectivity index (χ3n) is 4.44. The minimum atomic E-state index is -4.74. The second-order valence-corrected chi connectivity index (χ2v) is 6.19. The molecule has 0 amide bonds. The van der Waals surface area contributed by atoms with E-state index in [2.05, 4.69) is 15.0 Å². The molecule has 4 nitrogen and oxygen atoms in total. The van der Waals surface area contributed by atoms with Gasteiger partial charge in [0.25, 0.3) is 0 Å². The average molecular weight is 457 g/mol. The molecule has 2 aromatic rings. The molecule has 0 unspecified atom stereocenters. The van der Waals surface area contributed by atoms with E-state index >= 15 is 0 Å². The Kier molecular flexibility index (Phi) is 9.48. The number of ether oxygens (including phenoxy) is 2. The molecule has 2 aromatic carbocycles. The highest BCUT2D eigenvalue weighted by molar-refractivity contribution is 5.85. The molecule has 0 aromatic heterocycles. The van der Waals surface area contributed by atoms with Gasteiger partial charge in [-0.05, 0) is 23.8 Å². The van der Waals surface area contributed by atoms with Crippen LogP contribution in [0.5, 0.6) is 11.5 Å². The van der Waals surface area contributed by atoms with Crippen LogP contribution >= 0.6 is 24.8 Å². The standard InChI is InChI=1S/C19H20F4N2O2.2ClH/c1-26-17-12-14(20)4-7-16(17)18(25-10-8-24-9-11-25)13-2-5-15(6-3-13)27-19(21,22)23;;/h2-7,12,18,24H,8-11H2,1H3;2*1H/t18-;;/m1../s1. The van der Waals surface area contributed by atoms with Crippen LogP contribution in [-0.2, 0) is 0 Å². The van der Waals surface area contributed by atoms with E-state index in [0.29, 0.717) is 5.75 Å². The van der Waals surface area contributed by atoms with Crippen molar-refractivity contribution in [2.75, 3.05) is 33.3 Å². The number of benzene rings is 2. The van der Waals surface area contributed by atoms with Gasteiger partial charge in [-0.15, -0.1) is 38.0 Å². The quantitative estimate of drug-likeness (QED) is 0.668. The number of hydrogen-bond donors (Lipinski definition) is 1. The van der Waals surface area contributed by atoms with Crippen molar-refractivity contribution in [3.8, 4) is 11.5 Å². The maximum absolute atomic E-state index is 13.6. The smallest absolute Gasteiger partial charge is 0.496 e. The third kappa shape index (κ3) is 6.64. The molecule has 1 fully saturated rings. The van der Waals surface area contributed by atoms with Crippen LogP contribution in [0.1, 0.15) is 17.2 Å². The predicted octanol–water partition coefficient (Wildman–Crippen LogP) is 4.57. The zero-order valence-electron chi connectivity index (χ0n) is 15.5. The fraction of sp³-hybridized carbons (Fsp3) is 0.368. The maximum atomic E-state index is 13.6. The molecule has 0 bridgehead atoms. The zero-order valence-corrected chi connectivity index (χ0v) is 17.2. The number of nitrogens with one attached hydrogen (secondary N) is 1. The molecule has 1 heterocycles. The van der Waals surface area contributed by atoms with Crippen molar-refractivity contribution >= 4 is 24.8 Å². The second-order valence-electron chi connectivity index (χ2n) is 6.19. The van der Waals surface area contributed by atoms with E-state index in [0.717, 1.165) is 37.3 Å². The van der Waals surface area contributed by atoms with E-state index in [4.69, 9.17) is 4.74 Å². The molecular formula is C19H22Cl2F4N2O2. The lowest BCUT2D eigenvalue weighted by Crippen LogP contribution is -2.45. The monoisotopic (exact) mass is 456 g/mol. The first-order valence-electron chi connectivity index (χ1n) is 8.51. The summed E-state index contributed by atoms with van der Waals surface area (Å²) in [7, 11) is 1.47. The van der Waals surface area contributed by atoms with Crippen LogP contribution in [0.2, 0.25) is 0 Å². The Hall–Kier alpha value is -1.74. The lowest BCUT2D eigenvalue weighted by molar-refractivity contribution is -0.274. The van der Waals surface area contributed by atoms with Crippen LogP contribution in [0.4, 0.5) is 17.6 Å². The molecule has 29 heavy (non-hydrogen) atoms. The van der Waals surface area contributed by atoms with Gasteiger partial charge >= 0.3 is 6.36 Å². The Morgan fingerprint density at radius 1 is 1.00 bits per heavy atom. The van der Waals surface area contributed by atoms with Gasteiger partial charge in [-0.1, -0.05) is 18.2 Å². The Bertz CT molecular complexity index is 770. The maximum Gasteiger partial charge on any atom is 0.573 e. The molecule has 1 N–H and O–H groups in total. The van der Waals surface area contributed by atoms with E-state index in [-0.39, 0.29) is 36.6 Å². The highest BCUT2D eigenvalue weighted by atomic mass is 35.5. The molecule has 1 atom stereocenters. The second kappa shape index (κ2) is 10.9. The molecule has 0 saturated carbocycles. The van der Waals surface area contributed by atoms with Gasteiger partial charge in [0.15, 0.2) is 0 Å². The topological polar surface area (TPSA) is 33.7 Å². The summed E-state index contributed by atoms with van der Waals surface area (Å²) in [6.45, 7) is 3.06. The number of piperazine rings is 1. The molecule has 3 rings (SSSR count). The summed E-state index contributed by atoms with van der Waals surface area (Å²) in [5.74, 6) is -0.297. The number of methoxy groups -OCH3 is 1. The summed E-state index contributed by atoms with van der Waals surface area (Å²) < 4.78 is 60.1. The minimum absolute atomic E-state index is 0. The summed E-state index contributed by atoms with van der Waals surface area (Å²) in [5.41, 5.74) is 1.53. The van der Waals surface area contributed by atoms with Crippen molar-refractivity contribution in [1.82, 2.24) is 10.2 Å².